The van der Waals surface area contributed by atoms with Gasteiger partial charge in [0.1, 0.15) is 0 Å². The fourth-order valence-electron chi connectivity index (χ4n) is 4.57. The van der Waals surface area contributed by atoms with E-state index in [2.05, 4.69) is 35.2 Å². The van der Waals surface area contributed by atoms with Crippen LogP contribution in [0.4, 0.5) is 0 Å². The summed E-state index contributed by atoms with van der Waals surface area (Å²) in [5.41, 5.74) is 4.14. The van der Waals surface area contributed by atoms with E-state index in [4.69, 9.17) is 4.74 Å². The summed E-state index contributed by atoms with van der Waals surface area (Å²) in [4.78, 5) is 2.70. The lowest BCUT2D eigenvalue weighted by molar-refractivity contribution is 0.00840. The van der Waals surface area contributed by atoms with Gasteiger partial charge in [0.05, 0.1) is 6.10 Å². The van der Waals surface area contributed by atoms with Gasteiger partial charge in [-0.3, -0.25) is 4.90 Å². The zero-order valence-corrected chi connectivity index (χ0v) is 15.9. The van der Waals surface area contributed by atoms with E-state index >= 15 is 0 Å². The fourth-order valence-corrected chi connectivity index (χ4v) is 4.57. The van der Waals surface area contributed by atoms with Crippen LogP contribution >= 0.6 is 0 Å². The van der Waals surface area contributed by atoms with Crippen molar-refractivity contribution in [2.75, 3.05) is 26.3 Å². The first kappa shape index (κ1) is 18.2. The molecule has 2 aliphatic heterocycles. The Kier molecular flexibility index (Phi) is 6.08. The lowest BCUT2D eigenvalue weighted by Crippen LogP contribution is -2.43. The molecular weight excluding hydrogens is 322 g/mol. The molecule has 0 amide bonds. The molecule has 26 heavy (non-hydrogen) atoms. The van der Waals surface area contributed by atoms with Crippen molar-refractivity contribution < 1.29 is 9.84 Å². The molecule has 0 bridgehead atoms. The molecule has 1 N–H and O–H groups in total. The van der Waals surface area contributed by atoms with Gasteiger partial charge in [0.25, 0.3) is 0 Å². The van der Waals surface area contributed by atoms with Gasteiger partial charge in [0.15, 0.2) is 0 Å². The quantitative estimate of drug-likeness (QED) is 0.865. The van der Waals surface area contributed by atoms with Crippen LogP contribution in [0.15, 0.2) is 29.8 Å². The summed E-state index contributed by atoms with van der Waals surface area (Å²) in [6, 6.07) is 9.71. The van der Waals surface area contributed by atoms with Crippen LogP contribution in [-0.4, -0.2) is 48.5 Å². The van der Waals surface area contributed by atoms with Crippen LogP contribution in [0.2, 0.25) is 0 Å². The van der Waals surface area contributed by atoms with E-state index in [0.29, 0.717) is 5.92 Å². The summed E-state index contributed by atoms with van der Waals surface area (Å²) >= 11 is 0. The van der Waals surface area contributed by atoms with Crippen LogP contribution in [-0.2, 0) is 11.2 Å². The average Bonchev–Trinajstić information content (AvgIpc) is 2.64. The lowest BCUT2D eigenvalue weighted by Gasteiger charge is -2.40. The number of aliphatic hydroxyl groups excluding tert-OH is 1. The first-order chi connectivity index (χ1) is 12.8. The minimum absolute atomic E-state index is 0.237. The SMILES string of the molecule is OC(Cc1ccc(C=C2CCN(C3CCC3)CC2)cc1)C1CCOCC1. The minimum Gasteiger partial charge on any atom is -0.392 e. The predicted molar refractivity (Wildman–Crippen MR) is 106 cm³/mol. The Morgan fingerprint density at radius 2 is 1.73 bits per heavy atom. The second-order valence-corrected chi connectivity index (χ2v) is 8.39. The van der Waals surface area contributed by atoms with Gasteiger partial charge in [-0.05, 0) is 62.0 Å². The van der Waals surface area contributed by atoms with Gasteiger partial charge < -0.3 is 9.84 Å². The summed E-state index contributed by atoms with van der Waals surface area (Å²) in [6.07, 6.45) is 11.6. The van der Waals surface area contributed by atoms with E-state index in [-0.39, 0.29) is 6.10 Å². The van der Waals surface area contributed by atoms with Crippen LogP contribution in [0.5, 0.6) is 0 Å². The number of aliphatic hydroxyl groups is 1. The fraction of sp³-hybridized carbons (Fsp3) is 0.652. The maximum atomic E-state index is 10.5. The van der Waals surface area contributed by atoms with E-state index in [1.807, 2.05) is 0 Å². The summed E-state index contributed by atoms with van der Waals surface area (Å²) < 4.78 is 5.40. The third-order valence-corrected chi connectivity index (χ3v) is 6.64. The molecular formula is C23H33NO2. The molecule has 1 aliphatic carbocycles. The maximum Gasteiger partial charge on any atom is 0.0610 e. The molecule has 4 rings (SSSR count). The molecule has 1 atom stereocenters. The number of ether oxygens (including phenoxy) is 1. The van der Waals surface area contributed by atoms with Gasteiger partial charge in [0, 0.05) is 32.3 Å². The average molecular weight is 356 g/mol. The summed E-state index contributed by atoms with van der Waals surface area (Å²) in [5, 5.41) is 10.5. The molecule has 2 saturated heterocycles. The number of hydrogen-bond acceptors (Lipinski definition) is 3. The van der Waals surface area contributed by atoms with E-state index in [1.165, 1.54) is 56.3 Å². The molecule has 3 fully saturated rings. The smallest absolute Gasteiger partial charge is 0.0610 e. The normalized spacial score (nSPS) is 24.3. The molecule has 3 aliphatic rings. The van der Waals surface area contributed by atoms with Gasteiger partial charge in [-0.15, -0.1) is 0 Å². The lowest BCUT2D eigenvalue weighted by atomic mass is 9.89. The van der Waals surface area contributed by atoms with E-state index in [9.17, 15) is 5.11 Å². The monoisotopic (exact) mass is 355 g/mol. The highest BCUT2D eigenvalue weighted by Gasteiger charge is 2.26. The highest BCUT2D eigenvalue weighted by atomic mass is 16.5. The third kappa shape index (κ3) is 4.57. The van der Waals surface area contributed by atoms with Crippen molar-refractivity contribution in [3.63, 3.8) is 0 Å². The Hall–Kier alpha value is -1.16. The standard InChI is InChI=1S/C23H33NO2/c25-23(21-10-14-26-15-11-21)17-19-6-4-18(5-7-19)16-20-8-12-24(13-9-20)22-2-1-3-22/h4-7,16,21-23,25H,1-3,8-15,17H2. The molecule has 1 unspecified atom stereocenters. The number of hydrogen-bond donors (Lipinski definition) is 1. The van der Waals surface area contributed by atoms with Crippen molar-refractivity contribution in [3.8, 4) is 0 Å². The van der Waals surface area contributed by atoms with Gasteiger partial charge in [0.2, 0.25) is 0 Å². The summed E-state index contributed by atoms with van der Waals surface area (Å²) in [6.45, 7) is 4.08. The number of benzene rings is 1. The largest absolute Gasteiger partial charge is 0.392 e. The van der Waals surface area contributed by atoms with Gasteiger partial charge in [-0.2, -0.15) is 0 Å². The van der Waals surface area contributed by atoms with Gasteiger partial charge in [-0.1, -0.05) is 42.3 Å². The van der Waals surface area contributed by atoms with Gasteiger partial charge in [-0.25, -0.2) is 0 Å². The molecule has 1 aromatic rings. The summed E-state index contributed by atoms with van der Waals surface area (Å²) in [5.74, 6) is 0.395. The van der Waals surface area contributed by atoms with Crippen LogP contribution in [0.3, 0.4) is 0 Å². The van der Waals surface area contributed by atoms with E-state index < -0.39 is 0 Å². The first-order valence-corrected chi connectivity index (χ1v) is 10.6. The van der Waals surface area contributed by atoms with Crippen LogP contribution in [0.1, 0.15) is 56.1 Å². The van der Waals surface area contributed by atoms with Crippen molar-refractivity contribution in [2.24, 2.45) is 5.92 Å². The Bertz CT molecular complexity index is 589. The summed E-state index contributed by atoms with van der Waals surface area (Å²) in [7, 11) is 0. The van der Waals surface area contributed by atoms with Gasteiger partial charge >= 0.3 is 0 Å². The zero-order chi connectivity index (χ0) is 17.8. The number of piperidine rings is 1. The molecule has 1 saturated carbocycles. The number of rotatable bonds is 5. The Morgan fingerprint density at radius 1 is 1.04 bits per heavy atom. The number of nitrogens with zero attached hydrogens (tertiary/aromatic N) is 1. The highest BCUT2D eigenvalue weighted by molar-refractivity contribution is 5.53. The Balaban J connectivity index is 1.28. The molecule has 0 aromatic heterocycles. The molecule has 3 nitrogen and oxygen atoms in total. The second kappa shape index (κ2) is 8.69. The van der Waals surface area contributed by atoms with Crippen molar-refractivity contribution in [1.82, 2.24) is 4.90 Å². The van der Waals surface area contributed by atoms with E-state index in [1.54, 1.807) is 5.57 Å². The zero-order valence-electron chi connectivity index (χ0n) is 15.9. The van der Waals surface area contributed by atoms with Crippen LogP contribution in [0, 0.1) is 5.92 Å². The minimum atomic E-state index is -0.237. The topological polar surface area (TPSA) is 32.7 Å². The molecule has 0 radical (unpaired) electrons. The van der Waals surface area contributed by atoms with Crippen molar-refractivity contribution in [1.29, 1.82) is 0 Å². The molecule has 0 spiro atoms. The highest BCUT2D eigenvalue weighted by Crippen LogP contribution is 2.29. The third-order valence-electron chi connectivity index (χ3n) is 6.64. The predicted octanol–water partition coefficient (Wildman–Crippen LogP) is 4.05. The number of likely N-dealkylation sites (tertiary alicyclic amines) is 1. The van der Waals surface area contributed by atoms with Crippen molar-refractivity contribution >= 4 is 6.08 Å². The molecule has 142 valence electrons. The Morgan fingerprint density at radius 3 is 2.35 bits per heavy atom. The second-order valence-electron chi connectivity index (χ2n) is 8.39. The Labute approximate surface area is 158 Å². The maximum absolute atomic E-state index is 10.5. The first-order valence-electron chi connectivity index (χ1n) is 10.6. The van der Waals surface area contributed by atoms with Crippen LogP contribution < -0.4 is 0 Å². The molecule has 1 aromatic carbocycles. The van der Waals surface area contributed by atoms with Crippen molar-refractivity contribution in [2.45, 2.75) is 63.5 Å². The van der Waals surface area contributed by atoms with E-state index in [0.717, 1.165) is 38.5 Å². The molecule has 2 heterocycles. The van der Waals surface area contributed by atoms with Crippen molar-refractivity contribution in [3.05, 3.63) is 41.0 Å². The van der Waals surface area contributed by atoms with Crippen LogP contribution in [0.25, 0.3) is 6.08 Å². The molecule has 3 heteroatoms.